The lowest BCUT2D eigenvalue weighted by Crippen LogP contribution is -2.17. The van der Waals surface area contributed by atoms with Crippen LogP contribution in [0.15, 0.2) is 72.1 Å². The van der Waals surface area contributed by atoms with Gasteiger partial charge in [0.2, 0.25) is 11.8 Å². The molecule has 1 atom stereocenters. The molecule has 174 valence electrons. The Hall–Kier alpha value is -3.71. The minimum Gasteiger partial charge on any atom is -0.487 e. The Bertz CT molecular complexity index is 1220. The molecule has 7 heteroatoms. The van der Waals surface area contributed by atoms with Gasteiger partial charge in [-0.05, 0) is 61.6 Å². The monoisotopic (exact) mass is 473 g/mol. The summed E-state index contributed by atoms with van der Waals surface area (Å²) >= 11 is 1.59. The fourth-order valence-electron chi connectivity index (χ4n) is 3.69. The highest BCUT2D eigenvalue weighted by molar-refractivity contribution is 7.09. The first-order valence-electron chi connectivity index (χ1n) is 11.2. The average molecular weight is 474 g/mol. The van der Waals surface area contributed by atoms with Crippen molar-refractivity contribution in [2.45, 2.75) is 32.8 Å². The first kappa shape index (κ1) is 23.4. The van der Waals surface area contributed by atoms with E-state index in [0.717, 1.165) is 29.1 Å². The number of aromatic nitrogens is 1. The lowest BCUT2D eigenvalue weighted by Gasteiger charge is -2.13. The molecule has 3 aromatic rings. The van der Waals surface area contributed by atoms with Crippen molar-refractivity contribution in [3.05, 3.63) is 88.4 Å². The molecule has 0 bridgehead atoms. The molecule has 0 spiro atoms. The Balaban J connectivity index is 1.33. The van der Waals surface area contributed by atoms with Crippen molar-refractivity contribution in [3.63, 3.8) is 0 Å². The fourth-order valence-corrected chi connectivity index (χ4v) is 4.29. The summed E-state index contributed by atoms with van der Waals surface area (Å²) in [6.07, 6.45) is 9.87. The van der Waals surface area contributed by atoms with Crippen LogP contribution in [0.1, 0.15) is 35.5 Å². The van der Waals surface area contributed by atoms with E-state index in [9.17, 15) is 9.59 Å². The zero-order valence-electron chi connectivity index (χ0n) is 19.0. The first-order chi connectivity index (χ1) is 16.5. The number of nitrogens with zero attached hydrogens (tertiary/aromatic N) is 1. The van der Waals surface area contributed by atoms with E-state index in [2.05, 4.69) is 27.8 Å². The van der Waals surface area contributed by atoms with Crippen LogP contribution in [0.4, 0.5) is 11.4 Å². The van der Waals surface area contributed by atoms with Crippen LogP contribution >= 0.6 is 11.3 Å². The maximum Gasteiger partial charge on any atom is 0.248 e. The molecule has 1 aliphatic rings. The minimum atomic E-state index is -0.287. The maximum atomic E-state index is 12.5. The molecule has 4 rings (SSSR count). The van der Waals surface area contributed by atoms with Crippen molar-refractivity contribution >= 4 is 40.6 Å². The Labute approximate surface area is 203 Å². The van der Waals surface area contributed by atoms with E-state index in [1.165, 1.54) is 6.08 Å². The third-order valence-electron chi connectivity index (χ3n) is 5.36. The van der Waals surface area contributed by atoms with Crippen molar-refractivity contribution in [2.24, 2.45) is 5.92 Å². The van der Waals surface area contributed by atoms with Crippen LogP contribution in [0.3, 0.4) is 0 Å². The fraction of sp³-hybridized carbons (Fsp3) is 0.222. The number of benzene rings is 2. The highest BCUT2D eigenvalue weighted by Gasteiger charge is 2.15. The molecule has 1 unspecified atom stereocenters. The molecule has 0 saturated carbocycles. The number of carbonyl (C=O) groups excluding carboxylic acids is 2. The van der Waals surface area contributed by atoms with Gasteiger partial charge in [-0.15, -0.1) is 11.3 Å². The molecule has 0 radical (unpaired) electrons. The summed E-state index contributed by atoms with van der Waals surface area (Å²) in [7, 11) is 0. The molecule has 0 saturated heterocycles. The van der Waals surface area contributed by atoms with Crippen molar-refractivity contribution in [2.75, 3.05) is 10.6 Å². The smallest absolute Gasteiger partial charge is 0.248 e. The van der Waals surface area contributed by atoms with Crippen molar-refractivity contribution < 1.29 is 14.3 Å². The number of para-hydroxylation sites is 2. The van der Waals surface area contributed by atoms with Gasteiger partial charge in [0, 0.05) is 17.9 Å². The number of thiazole rings is 1. The molecule has 1 aliphatic carbocycles. The Morgan fingerprint density at radius 2 is 1.97 bits per heavy atom. The number of aryl methyl sites for hydroxylation is 1. The molecule has 2 N–H and O–H groups in total. The van der Waals surface area contributed by atoms with Crippen molar-refractivity contribution in [1.29, 1.82) is 0 Å². The number of carbonyl (C=O) groups is 2. The second kappa shape index (κ2) is 11.4. The van der Waals surface area contributed by atoms with Gasteiger partial charge in [0.1, 0.15) is 12.4 Å². The van der Waals surface area contributed by atoms with E-state index in [-0.39, 0.29) is 17.7 Å². The van der Waals surface area contributed by atoms with Crippen molar-refractivity contribution in [1.82, 2.24) is 4.98 Å². The third kappa shape index (κ3) is 6.89. The van der Waals surface area contributed by atoms with Gasteiger partial charge in [-0.1, -0.05) is 36.4 Å². The number of hydrogen-bond donors (Lipinski definition) is 2. The molecular weight excluding hydrogens is 446 g/mol. The summed E-state index contributed by atoms with van der Waals surface area (Å²) in [6, 6.07) is 14.7. The Kier molecular flexibility index (Phi) is 7.88. The van der Waals surface area contributed by atoms with E-state index in [0.29, 0.717) is 30.2 Å². The summed E-state index contributed by atoms with van der Waals surface area (Å²) < 4.78 is 5.81. The SMILES string of the molecule is Cc1nc(COc2cccc(C=CC(=O)Nc3ccccc3NC(=O)CC3C=CCC3)c2)cs1. The van der Waals surface area contributed by atoms with Crippen LogP contribution in [-0.2, 0) is 16.2 Å². The molecular formula is C27H27N3O3S. The van der Waals surface area contributed by atoms with Crippen LogP contribution in [0, 0.1) is 12.8 Å². The zero-order valence-corrected chi connectivity index (χ0v) is 19.8. The molecule has 0 aliphatic heterocycles. The molecule has 1 heterocycles. The summed E-state index contributed by atoms with van der Waals surface area (Å²) in [4.78, 5) is 29.3. The highest BCUT2D eigenvalue weighted by Crippen LogP contribution is 2.24. The Morgan fingerprint density at radius 1 is 1.15 bits per heavy atom. The van der Waals surface area contributed by atoms with Gasteiger partial charge in [0.05, 0.1) is 22.1 Å². The molecule has 2 amide bonds. The van der Waals surface area contributed by atoms with E-state index in [1.54, 1.807) is 29.5 Å². The van der Waals surface area contributed by atoms with E-state index < -0.39 is 0 Å². The van der Waals surface area contributed by atoms with Crippen LogP contribution in [0.5, 0.6) is 5.75 Å². The van der Waals surface area contributed by atoms with Crippen LogP contribution in [0.2, 0.25) is 0 Å². The predicted octanol–water partition coefficient (Wildman–Crippen LogP) is 5.98. The molecule has 1 aromatic heterocycles. The summed E-state index contributed by atoms with van der Waals surface area (Å²) in [5.74, 6) is 0.650. The number of allylic oxidation sites excluding steroid dienone is 2. The standard InChI is InChI=1S/C27H27N3O3S/c1-19-28-22(18-34-19)17-33-23-10-6-9-21(15-23)13-14-26(31)29-24-11-4-5-12-25(24)30-27(32)16-20-7-2-3-8-20/h2,4-7,9-15,18,20H,3,8,16-17H2,1H3,(H,29,31)(H,30,32). The number of anilines is 2. The number of hydrogen-bond acceptors (Lipinski definition) is 5. The lowest BCUT2D eigenvalue weighted by molar-refractivity contribution is -0.117. The summed E-state index contributed by atoms with van der Waals surface area (Å²) in [6.45, 7) is 2.36. The first-order valence-corrected chi connectivity index (χ1v) is 12.1. The van der Waals surface area contributed by atoms with E-state index in [1.807, 2.05) is 48.7 Å². The zero-order chi connectivity index (χ0) is 23.8. The van der Waals surface area contributed by atoms with E-state index >= 15 is 0 Å². The Morgan fingerprint density at radius 3 is 2.71 bits per heavy atom. The minimum absolute atomic E-state index is 0.0570. The summed E-state index contributed by atoms with van der Waals surface area (Å²) in [5, 5.41) is 8.76. The van der Waals surface area contributed by atoms with Crippen LogP contribution in [-0.4, -0.2) is 16.8 Å². The molecule has 0 fully saturated rings. The van der Waals surface area contributed by atoms with Crippen molar-refractivity contribution in [3.8, 4) is 5.75 Å². The average Bonchev–Trinajstić information content (AvgIpc) is 3.49. The van der Waals surface area contributed by atoms with E-state index in [4.69, 9.17) is 4.74 Å². The van der Waals surface area contributed by atoms with Gasteiger partial charge < -0.3 is 15.4 Å². The second-order valence-corrected chi connectivity index (χ2v) is 9.17. The summed E-state index contributed by atoms with van der Waals surface area (Å²) in [5.41, 5.74) is 2.88. The van der Waals surface area contributed by atoms with Gasteiger partial charge in [0.25, 0.3) is 0 Å². The van der Waals surface area contributed by atoms with Gasteiger partial charge in [-0.3, -0.25) is 9.59 Å². The predicted molar refractivity (Wildman–Crippen MR) is 137 cm³/mol. The topological polar surface area (TPSA) is 80.3 Å². The number of nitrogens with one attached hydrogen (secondary N) is 2. The van der Waals surface area contributed by atoms with Gasteiger partial charge >= 0.3 is 0 Å². The molecule has 34 heavy (non-hydrogen) atoms. The molecule has 6 nitrogen and oxygen atoms in total. The maximum absolute atomic E-state index is 12.5. The van der Waals surface area contributed by atoms with Crippen LogP contribution < -0.4 is 15.4 Å². The quantitative estimate of drug-likeness (QED) is 0.296. The number of amides is 2. The normalized spacial score (nSPS) is 14.9. The molecule has 2 aromatic carbocycles. The van der Waals surface area contributed by atoms with Crippen LogP contribution in [0.25, 0.3) is 6.08 Å². The van der Waals surface area contributed by atoms with Gasteiger partial charge in [-0.25, -0.2) is 4.98 Å². The lowest BCUT2D eigenvalue weighted by atomic mass is 10.0. The highest BCUT2D eigenvalue weighted by atomic mass is 32.1. The van der Waals surface area contributed by atoms with Gasteiger partial charge in [-0.2, -0.15) is 0 Å². The number of rotatable bonds is 9. The number of ether oxygens (including phenoxy) is 1. The third-order valence-corrected chi connectivity index (χ3v) is 6.18. The largest absolute Gasteiger partial charge is 0.487 e. The van der Waals surface area contributed by atoms with Gasteiger partial charge in [0.15, 0.2) is 0 Å². The second-order valence-electron chi connectivity index (χ2n) is 8.11.